The average molecular weight is 316 g/mol. The molecular weight excluding hydrogens is 296 g/mol. The van der Waals surface area contributed by atoms with Crippen molar-refractivity contribution in [3.05, 3.63) is 48.3 Å². The van der Waals surface area contributed by atoms with Crippen LogP contribution in [0.2, 0.25) is 0 Å². The van der Waals surface area contributed by atoms with E-state index in [1.807, 2.05) is 41.2 Å². The third kappa shape index (κ3) is 5.82. The zero-order valence-corrected chi connectivity index (χ0v) is 13.0. The second kappa shape index (κ2) is 8.57. The monoisotopic (exact) mass is 316 g/mol. The number of alkyl carbamates (subject to hydrolysis) is 1. The van der Waals surface area contributed by atoms with E-state index in [0.29, 0.717) is 13.2 Å². The number of carbonyl (C=O) groups excluding carboxylic acids is 2. The molecular formula is C16H20N4O3. The van der Waals surface area contributed by atoms with Gasteiger partial charge in [0.25, 0.3) is 0 Å². The summed E-state index contributed by atoms with van der Waals surface area (Å²) in [5.74, 6) is -0.168. The molecule has 122 valence electrons. The van der Waals surface area contributed by atoms with Crippen molar-refractivity contribution >= 4 is 17.7 Å². The van der Waals surface area contributed by atoms with E-state index in [4.69, 9.17) is 4.74 Å². The zero-order chi connectivity index (χ0) is 16.5. The summed E-state index contributed by atoms with van der Waals surface area (Å²) in [7, 11) is 0. The third-order valence-electron chi connectivity index (χ3n) is 3.01. The number of anilines is 1. The van der Waals surface area contributed by atoms with Gasteiger partial charge in [-0.3, -0.25) is 9.48 Å². The van der Waals surface area contributed by atoms with E-state index >= 15 is 0 Å². The number of hydrogen-bond acceptors (Lipinski definition) is 4. The summed E-state index contributed by atoms with van der Waals surface area (Å²) in [5.41, 5.74) is 1.76. The summed E-state index contributed by atoms with van der Waals surface area (Å²) in [6.45, 7) is 2.91. The topological polar surface area (TPSA) is 85.2 Å². The molecule has 7 heteroatoms. The highest BCUT2D eigenvalue weighted by Crippen LogP contribution is 2.12. The first-order chi connectivity index (χ1) is 11.2. The van der Waals surface area contributed by atoms with Gasteiger partial charge in [0, 0.05) is 31.0 Å². The Labute approximate surface area is 134 Å². The number of nitrogens with zero attached hydrogens (tertiary/aromatic N) is 2. The van der Waals surface area contributed by atoms with Gasteiger partial charge >= 0.3 is 6.09 Å². The number of carbonyl (C=O) groups is 2. The maximum Gasteiger partial charge on any atom is 0.407 e. The lowest BCUT2D eigenvalue weighted by Crippen LogP contribution is -2.28. The van der Waals surface area contributed by atoms with Crippen LogP contribution in [0.3, 0.4) is 0 Å². The summed E-state index contributed by atoms with van der Waals surface area (Å²) in [6.07, 6.45) is 3.28. The van der Waals surface area contributed by atoms with Crippen molar-refractivity contribution in [1.29, 1.82) is 0 Å². The lowest BCUT2D eigenvalue weighted by atomic mass is 10.2. The van der Waals surface area contributed by atoms with E-state index in [1.165, 1.54) is 0 Å². The Morgan fingerprint density at radius 1 is 1.30 bits per heavy atom. The Morgan fingerprint density at radius 2 is 2.17 bits per heavy atom. The Bertz CT molecular complexity index is 641. The van der Waals surface area contributed by atoms with Crippen LogP contribution >= 0.6 is 0 Å². The van der Waals surface area contributed by atoms with Gasteiger partial charge in [-0.15, -0.1) is 0 Å². The van der Waals surface area contributed by atoms with Crippen LogP contribution < -0.4 is 10.6 Å². The second-order valence-electron chi connectivity index (χ2n) is 4.85. The lowest BCUT2D eigenvalue weighted by molar-refractivity contribution is -0.116. The predicted octanol–water partition coefficient (Wildman–Crippen LogP) is 2.01. The molecule has 0 aliphatic heterocycles. The molecule has 0 radical (unpaired) electrons. The molecule has 0 aliphatic carbocycles. The minimum absolute atomic E-state index is 0.168. The molecule has 7 nitrogen and oxygen atoms in total. The van der Waals surface area contributed by atoms with E-state index in [1.54, 1.807) is 13.1 Å². The van der Waals surface area contributed by atoms with Crippen molar-refractivity contribution in [3.8, 4) is 0 Å². The molecule has 0 unspecified atom stereocenters. The van der Waals surface area contributed by atoms with E-state index in [0.717, 1.165) is 11.3 Å². The molecule has 0 saturated heterocycles. The van der Waals surface area contributed by atoms with Crippen LogP contribution in [0.25, 0.3) is 0 Å². The van der Waals surface area contributed by atoms with Gasteiger partial charge in [0.05, 0.1) is 13.2 Å². The Kier molecular flexibility index (Phi) is 6.17. The molecule has 1 heterocycles. The molecule has 1 aromatic carbocycles. The number of ether oxygens (including phenoxy) is 1. The Morgan fingerprint density at radius 3 is 2.91 bits per heavy atom. The molecule has 0 atom stereocenters. The molecule has 0 saturated carbocycles. The van der Waals surface area contributed by atoms with Gasteiger partial charge in [0.2, 0.25) is 5.91 Å². The summed E-state index contributed by atoms with van der Waals surface area (Å²) in [5, 5.41) is 9.47. The highest BCUT2D eigenvalue weighted by molar-refractivity contribution is 5.91. The molecule has 2 aromatic rings. The number of nitrogens with one attached hydrogen (secondary N) is 2. The second-order valence-corrected chi connectivity index (χ2v) is 4.85. The molecule has 0 aliphatic rings. The lowest BCUT2D eigenvalue weighted by Gasteiger charge is -2.08. The summed E-state index contributed by atoms with van der Waals surface area (Å²) >= 11 is 0. The quantitative estimate of drug-likeness (QED) is 0.818. The van der Waals surface area contributed by atoms with Crippen LogP contribution in [0, 0.1) is 0 Å². The Hall–Kier alpha value is -2.83. The van der Waals surface area contributed by atoms with E-state index in [2.05, 4.69) is 15.7 Å². The number of aromatic nitrogens is 2. The minimum atomic E-state index is -0.512. The maximum atomic E-state index is 11.9. The van der Waals surface area contributed by atoms with Gasteiger partial charge < -0.3 is 15.4 Å². The zero-order valence-electron chi connectivity index (χ0n) is 13.0. The van der Waals surface area contributed by atoms with Crippen molar-refractivity contribution in [1.82, 2.24) is 15.1 Å². The fourth-order valence-electron chi connectivity index (χ4n) is 2.01. The first kappa shape index (κ1) is 16.5. The maximum absolute atomic E-state index is 11.9. The fraction of sp³-hybridized carbons (Fsp3) is 0.312. The molecule has 0 fully saturated rings. The molecule has 2 N–H and O–H groups in total. The van der Waals surface area contributed by atoms with Gasteiger partial charge in [-0.05, 0) is 30.7 Å². The van der Waals surface area contributed by atoms with Crippen LogP contribution in [-0.2, 0) is 16.1 Å². The van der Waals surface area contributed by atoms with Gasteiger partial charge in [-0.2, -0.15) is 5.10 Å². The Balaban J connectivity index is 1.80. The van der Waals surface area contributed by atoms with Crippen LogP contribution in [0.4, 0.5) is 10.5 Å². The van der Waals surface area contributed by atoms with E-state index in [9.17, 15) is 9.59 Å². The van der Waals surface area contributed by atoms with Gasteiger partial charge in [0.15, 0.2) is 0 Å². The first-order valence-electron chi connectivity index (χ1n) is 7.44. The van der Waals surface area contributed by atoms with Crippen LogP contribution in [0.1, 0.15) is 18.9 Å². The summed E-state index contributed by atoms with van der Waals surface area (Å²) in [4.78, 5) is 23.0. The number of hydrogen-bond donors (Lipinski definition) is 2. The predicted molar refractivity (Wildman–Crippen MR) is 86.0 cm³/mol. The number of benzene rings is 1. The average Bonchev–Trinajstić information content (AvgIpc) is 3.01. The van der Waals surface area contributed by atoms with Gasteiger partial charge in [-0.1, -0.05) is 12.1 Å². The minimum Gasteiger partial charge on any atom is -0.450 e. The third-order valence-corrected chi connectivity index (χ3v) is 3.01. The SMILES string of the molecule is CCOC(=O)NCCC(=O)Nc1cccc(Cn2cccn2)c1. The molecule has 2 rings (SSSR count). The summed E-state index contributed by atoms with van der Waals surface area (Å²) < 4.78 is 6.53. The number of amides is 2. The molecule has 23 heavy (non-hydrogen) atoms. The van der Waals surface area contributed by atoms with Crippen molar-refractivity contribution in [2.24, 2.45) is 0 Å². The van der Waals surface area contributed by atoms with Crippen molar-refractivity contribution in [3.63, 3.8) is 0 Å². The number of rotatable bonds is 7. The normalized spacial score (nSPS) is 10.1. The van der Waals surface area contributed by atoms with E-state index in [-0.39, 0.29) is 18.9 Å². The first-order valence-corrected chi connectivity index (χ1v) is 7.44. The van der Waals surface area contributed by atoms with Crippen LogP contribution in [0.5, 0.6) is 0 Å². The fourth-order valence-corrected chi connectivity index (χ4v) is 2.01. The highest BCUT2D eigenvalue weighted by Gasteiger charge is 2.05. The van der Waals surface area contributed by atoms with Crippen LogP contribution in [-0.4, -0.2) is 34.9 Å². The largest absolute Gasteiger partial charge is 0.450 e. The van der Waals surface area contributed by atoms with Crippen molar-refractivity contribution in [2.75, 3.05) is 18.5 Å². The van der Waals surface area contributed by atoms with Crippen molar-refractivity contribution < 1.29 is 14.3 Å². The van der Waals surface area contributed by atoms with E-state index < -0.39 is 6.09 Å². The molecule has 1 aromatic heterocycles. The van der Waals surface area contributed by atoms with Crippen LogP contribution in [0.15, 0.2) is 42.7 Å². The molecule has 0 spiro atoms. The van der Waals surface area contributed by atoms with Gasteiger partial charge in [-0.25, -0.2) is 4.79 Å². The standard InChI is InChI=1S/C16H20N4O3/c1-2-23-16(22)17-9-7-15(21)19-14-6-3-5-13(11-14)12-20-10-4-8-18-20/h3-6,8,10-11H,2,7,9,12H2,1H3,(H,17,22)(H,19,21). The summed E-state index contributed by atoms with van der Waals surface area (Å²) in [6, 6.07) is 9.44. The highest BCUT2D eigenvalue weighted by atomic mass is 16.5. The smallest absolute Gasteiger partial charge is 0.407 e. The molecule has 0 bridgehead atoms. The molecule has 2 amide bonds. The van der Waals surface area contributed by atoms with Crippen molar-refractivity contribution in [2.45, 2.75) is 19.9 Å². The van der Waals surface area contributed by atoms with Gasteiger partial charge in [0.1, 0.15) is 0 Å².